The van der Waals surface area contributed by atoms with Crippen molar-refractivity contribution >= 4 is 16.6 Å². The van der Waals surface area contributed by atoms with Gasteiger partial charge in [0.05, 0.1) is 11.2 Å². The minimum atomic E-state index is 0.0658. The molecule has 0 aliphatic heterocycles. The summed E-state index contributed by atoms with van der Waals surface area (Å²) in [6.45, 7) is 12.0. The fraction of sp³-hybridized carbons (Fsp3) is 0.353. The van der Waals surface area contributed by atoms with Crippen LogP contribution >= 0.6 is 0 Å². The van der Waals surface area contributed by atoms with Gasteiger partial charge in [-0.3, -0.25) is 9.88 Å². The van der Waals surface area contributed by atoms with Crippen molar-refractivity contribution in [2.24, 2.45) is 0 Å². The number of para-hydroxylation sites is 1. The molecule has 2 aromatic rings. The maximum Gasteiger partial charge on any atom is 0.0726 e. The van der Waals surface area contributed by atoms with Gasteiger partial charge in [0.15, 0.2) is 0 Å². The van der Waals surface area contributed by atoms with Crippen LogP contribution in [0.3, 0.4) is 0 Å². The highest BCUT2D eigenvalue weighted by atomic mass is 15.2. The number of hydrogen-bond donors (Lipinski definition) is 1. The largest absolute Gasteiger partial charge is 0.398 e. The van der Waals surface area contributed by atoms with Crippen LogP contribution in [0.5, 0.6) is 0 Å². The smallest absolute Gasteiger partial charge is 0.0726 e. The van der Waals surface area contributed by atoms with Crippen LogP contribution in [0.15, 0.2) is 43.0 Å². The SMILES string of the molecule is C=CCN(Cc1cc(N)c2ccccc2n1)C(C)(C)C. The van der Waals surface area contributed by atoms with Crippen molar-refractivity contribution in [3.63, 3.8) is 0 Å². The number of benzene rings is 1. The van der Waals surface area contributed by atoms with E-state index in [0.717, 1.165) is 35.4 Å². The van der Waals surface area contributed by atoms with E-state index >= 15 is 0 Å². The standard InChI is InChI=1S/C17H23N3/c1-5-10-20(17(2,3)4)12-13-11-15(18)14-8-6-7-9-16(14)19-13/h5-9,11H,1,10,12H2,2-4H3,(H2,18,19). The number of hydrogen-bond acceptors (Lipinski definition) is 3. The molecule has 0 saturated heterocycles. The lowest BCUT2D eigenvalue weighted by Gasteiger charge is -2.34. The van der Waals surface area contributed by atoms with E-state index in [9.17, 15) is 0 Å². The number of rotatable bonds is 4. The van der Waals surface area contributed by atoms with E-state index in [2.05, 4.69) is 32.3 Å². The molecule has 3 heteroatoms. The van der Waals surface area contributed by atoms with Crippen LogP contribution in [0.25, 0.3) is 10.9 Å². The summed E-state index contributed by atoms with van der Waals surface area (Å²) in [6, 6.07) is 9.96. The highest BCUT2D eigenvalue weighted by Gasteiger charge is 2.20. The molecule has 20 heavy (non-hydrogen) atoms. The summed E-state index contributed by atoms with van der Waals surface area (Å²) in [5.41, 5.74) is 8.94. The van der Waals surface area contributed by atoms with Gasteiger partial charge in [-0.2, -0.15) is 0 Å². The van der Waals surface area contributed by atoms with Crippen LogP contribution in [0.4, 0.5) is 5.69 Å². The molecular formula is C17H23N3. The summed E-state index contributed by atoms with van der Waals surface area (Å²) in [7, 11) is 0. The highest BCUT2D eigenvalue weighted by molar-refractivity contribution is 5.90. The van der Waals surface area contributed by atoms with E-state index in [1.54, 1.807) is 0 Å². The first kappa shape index (κ1) is 14.5. The number of fused-ring (bicyclic) bond motifs is 1. The van der Waals surface area contributed by atoms with Crippen molar-refractivity contribution in [1.82, 2.24) is 9.88 Å². The third-order valence-corrected chi connectivity index (χ3v) is 3.45. The Hall–Kier alpha value is -1.87. The van der Waals surface area contributed by atoms with Gasteiger partial charge in [0.2, 0.25) is 0 Å². The summed E-state index contributed by atoms with van der Waals surface area (Å²) in [5, 5.41) is 1.02. The topological polar surface area (TPSA) is 42.1 Å². The van der Waals surface area contributed by atoms with Crippen LogP contribution in [-0.4, -0.2) is 22.0 Å². The average Bonchev–Trinajstić information content (AvgIpc) is 2.37. The zero-order valence-electron chi connectivity index (χ0n) is 12.6. The van der Waals surface area contributed by atoms with Gasteiger partial charge in [-0.1, -0.05) is 24.3 Å². The summed E-state index contributed by atoms with van der Waals surface area (Å²) >= 11 is 0. The summed E-state index contributed by atoms with van der Waals surface area (Å²) in [4.78, 5) is 7.05. The molecule has 0 fully saturated rings. The average molecular weight is 269 g/mol. The van der Waals surface area contributed by atoms with E-state index < -0.39 is 0 Å². The molecule has 0 aliphatic carbocycles. The molecule has 2 N–H and O–H groups in total. The minimum Gasteiger partial charge on any atom is -0.398 e. The monoisotopic (exact) mass is 269 g/mol. The molecule has 0 atom stereocenters. The van der Waals surface area contributed by atoms with Crippen molar-refractivity contribution in [1.29, 1.82) is 0 Å². The molecule has 2 rings (SSSR count). The Morgan fingerprint density at radius 1 is 1.30 bits per heavy atom. The van der Waals surface area contributed by atoms with Gasteiger partial charge in [-0.15, -0.1) is 6.58 Å². The number of nitrogens with zero attached hydrogens (tertiary/aromatic N) is 2. The van der Waals surface area contributed by atoms with Gasteiger partial charge in [0, 0.05) is 29.7 Å². The predicted molar refractivity (Wildman–Crippen MR) is 86.5 cm³/mol. The number of anilines is 1. The molecule has 0 spiro atoms. The maximum absolute atomic E-state index is 6.14. The van der Waals surface area contributed by atoms with Crippen molar-refractivity contribution in [3.05, 3.63) is 48.7 Å². The van der Waals surface area contributed by atoms with Crippen LogP contribution in [0.1, 0.15) is 26.5 Å². The minimum absolute atomic E-state index is 0.0658. The van der Waals surface area contributed by atoms with Crippen molar-refractivity contribution in [2.75, 3.05) is 12.3 Å². The first-order valence-electron chi connectivity index (χ1n) is 6.92. The van der Waals surface area contributed by atoms with Gasteiger partial charge >= 0.3 is 0 Å². The van der Waals surface area contributed by atoms with Crippen LogP contribution in [-0.2, 0) is 6.54 Å². The number of nitrogen functional groups attached to an aromatic ring is 1. The molecule has 0 aliphatic rings. The summed E-state index contributed by atoms with van der Waals surface area (Å²) in [6.07, 6.45) is 1.93. The molecule has 0 radical (unpaired) electrons. The Bertz CT molecular complexity index is 611. The Morgan fingerprint density at radius 2 is 2.00 bits per heavy atom. The lowest BCUT2D eigenvalue weighted by molar-refractivity contribution is 0.144. The first-order chi connectivity index (χ1) is 9.41. The molecular weight excluding hydrogens is 246 g/mol. The molecule has 0 amide bonds. The number of aromatic nitrogens is 1. The van der Waals surface area contributed by atoms with E-state index in [-0.39, 0.29) is 5.54 Å². The summed E-state index contributed by atoms with van der Waals surface area (Å²) < 4.78 is 0. The Labute approximate surface area is 121 Å². The van der Waals surface area contributed by atoms with Gasteiger partial charge in [-0.05, 0) is 32.9 Å². The van der Waals surface area contributed by atoms with E-state index in [1.165, 1.54) is 0 Å². The molecule has 1 heterocycles. The fourth-order valence-electron chi connectivity index (χ4n) is 2.27. The molecule has 0 bridgehead atoms. The van der Waals surface area contributed by atoms with Crippen LogP contribution in [0.2, 0.25) is 0 Å². The quantitative estimate of drug-likeness (QED) is 0.862. The molecule has 3 nitrogen and oxygen atoms in total. The zero-order valence-corrected chi connectivity index (χ0v) is 12.6. The Balaban J connectivity index is 2.35. The predicted octanol–water partition coefficient (Wildman–Crippen LogP) is 3.60. The van der Waals surface area contributed by atoms with Gasteiger partial charge < -0.3 is 5.73 Å². The normalized spacial score (nSPS) is 12.0. The molecule has 106 valence electrons. The number of nitrogens with two attached hydrogens (primary N) is 1. The first-order valence-corrected chi connectivity index (χ1v) is 6.92. The second-order valence-corrected chi connectivity index (χ2v) is 6.06. The van der Waals surface area contributed by atoms with Crippen molar-refractivity contribution < 1.29 is 0 Å². The second-order valence-electron chi connectivity index (χ2n) is 6.06. The third kappa shape index (κ3) is 3.17. The van der Waals surface area contributed by atoms with Crippen molar-refractivity contribution in [3.8, 4) is 0 Å². The van der Waals surface area contributed by atoms with Crippen molar-refractivity contribution in [2.45, 2.75) is 32.9 Å². The molecule has 0 saturated carbocycles. The van der Waals surface area contributed by atoms with E-state index in [0.29, 0.717) is 0 Å². The second kappa shape index (κ2) is 5.63. The maximum atomic E-state index is 6.14. The van der Waals surface area contributed by atoms with Gasteiger partial charge in [0.25, 0.3) is 0 Å². The van der Waals surface area contributed by atoms with Crippen LogP contribution < -0.4 is 5.73 Å². The van der Waals surface area contributed by atoms with Gasteiger partial charge in [0.1, 0.15) is 0 Å². The molecule has 0 unspecified atom stereocenters. The Kier molecular flexibility index (Phi) is 4.09. The summed E-state index contributed by atoms with van der Waals surface area (Å²) in [5.74, 6) is 0. The molecule has 1 aromatic carbocycles. The van der Waals surface area contributed by atoms with Gasteiger partial charge in [-0.25, -0.2) is 0 Å². The Morgan fingerprint density at radius 3 is 2.65 bits per heavy atom. The zero-order chi connectivity index (χ0) is 14.8. The fourth-order valence-corrected chi connectivity index (χ4v) is 2.27. The van der Waals surface area contributed by atoms with E-state index in [4.69, 9.17) is 10.7 Å². The third-order valence-electron chi connectivity index (χ3n) is 3.45. The lowest BCUT2D eigenvalue weighted by Crippen LogP contribution is -2.41. The number of pyridine rings is 1. The highest BCUT2D eigenvalue weighted by Crippen LogP contribution is 2.22. The lowest BCUT2D eigenvalue weighted by atomic mass is 10.1. The van der Waals surface area contributed by atoms with Crippen LogP contribution in [0, 0.1) is 0 Å². The molecule has 1 aromatic heterocycles. The van der Waals surface area contributed by atoms with E-state index in [1.807, 2.05) is 36.4 Å².